The number of nitrogens with zero attached hydrogens (tertiary/aromatic N) is 1. The number of nitrogens with one attached hydrogen (secondary N) is 1. The number of methoxy groups -OCH3 is 1. The monoisotopic (exact) mass is 320 g/mol. The maximum absolute atomic E-state index is 12.5. The first-order chi connectivity index (χ1) is 10.1. The highest BCUT2D eigenvalue weighted by molar-refractivity contribution is 7.89. The third kappa shape index (κ3) is 5.49. The van der Waals surface area contributed by atoms with E-state index in [9.17, 15) is 8.42 Å². The van der Waals surface area contributed by atoms with Gasteiger partial charge in [-0.05, 0) is 38.1 Å². The Bertz CT molecular complexity index is 396. The molecule has 124 valence electrons. The highest BCUT2D eigenvalue weighted by Gasteiger charge is 2.32. The van der Waals surface area contributed by atoms with Crippen molar-refractivity contribution >= 4 is 10.0 Å². The molecule has 2 saturated heterocycles. The fourth-order valence-corrected chi connectivity index (χ4v) is 4.83. The molecule has 2 rings (SSSR count). The van der Waals surface area contributed by atoms with Gasteiger partial charge in [0.1, 0.15) is 0 Å². The third-order valence-corrected chi connectivity index (χ3v) is 6.12. The molecule has 6 nitrogen and oxygen atoms in total. The van der Waals surface area contributed by atoms with Crippen molar-refractivity contribution in [3.05, 3.63) is 0 Å². The van der Waals surface area contributed by atoms with Gasteiger partial charge in [0.05, 0.1) is 18.5 Å². The Morgan fingerprint density at radius 3 is 2.90 bits per heavy atom. The van der Waals surface area contributed by atoms with Crippen molar-refractivity contribution < 1.29 is 17.9 Å². The Balaban J connectivity index is 1.78. The zero-order chi connectivity index (χ0) is 15.1. The van der Waals surface area contributed by atoms with E-state index >= 15 is 0 Å². The van der Waals surface area contributed by atoms with Gasteiger partial charge in [-0.3, -0.25) is 0 Å². The van der Waals surface area contributed by atoms with E-state index in [4.69, 9.17) is 9.47 Å². The predicted molar refractivity (Wildman–Crippen MR) is 81.8 cm³/mol. The predicted octanol–water partition coefficient (Wildman–Crippen LogP) is 0.443. The molecule has 2 unspecified atom stereocenters. The van der Waals surface area contributed by atoms with Gasteiger partial charge in [0.2, 0.25) is 10.0 Å². The van der Waals surface area contributed by atoms with E-state index in [0.29, 0.717) is 32.2 Å². The molecule has 0 radical (unpaired) electrons. The summed E-state index contributed by atoms with van der Waals surface area (Å²) in [5.74, 6) is 0.548. The number of sulfonamides is 1. The van der Waals surface area contributed by atoms with Crippen molar-refractivity contribution in [3.63, 3.8) is 0 Å². The average molecular weight is 320 g/mol. The van der Waals surface area contributed by atoms with E-state index in [1.54, 1.807) is 11.4 Å². The van der Waals surface area contributed by atoms with Crippen LogP contribution in [0.25, 0.3) is 0 Å². The van der Waals surface area contributed by atoms with E-state index in [1.165, 1.54) is 0 Å². The van der Waals surface area contributed by atoms with Crippen LogP contribution in [-0.2, 0) is 19.5 Å². The lowest BCUT2D eigenvalue weighted by Gasteiger charge is -2.32. The molecule has 2 aliphatic heterocycles. The number of ether oxygens (including phenoxy) is 2. The number of rotatable bonds is 8. The molecule has 2 atom stereocenters. The molecule has 0 aromatic carbocycles. The summed E-state index contributed by atoms with van der Waals surface area (Å²) in [5, 5.41) is 3.33. The summed E-state index contributed by atoms with van der Waals surface area (Å²) in [4.78, 5) is 0. The average Bonchev–Trinajstić information content (AvgIpc) is 2.96. The summed E-state index contributed by atoms with van der Waals surface area (Å²) >= 11 is 0. The Morgan fingerprint density at radius 2 is 2.19 bits per heavy atom. The highest BCUT2D eigenvalue weighted by atomic mass is 32.2. The van der Waals surface area contributed by atoms with Crippen LogP contribution in [0.2, 0.25) is 0 Å². The summed E-state index contributed by atoms with van der Waals surface area (Å²) in [6.45, 7) is 4.35. The van der Waals surface area contributed by atoms with Crippen LogP contribution in [0.5, 0.6) is 0 Å². The first-order valence-electron chi connectivity index (χ1n) is 7.91. The van der Waals surface area contributed by atoms with Gasteiger partial charge in [-0.15, -0.1) is 0 Å². The normalized spacial score (nSPS) is 28.0. The number of hydrogen-bond acceptors (Lipinski definition) is 5. The second kappa shape index (κ2) is 8.43. The molecule has 0 amide bonds. The summed E-state index contributed by atoms with van der Waals surface area (Å²) < 4.78 is 37.1. The number of hydrogen-bond donors (Lipinski definition) is 1. The molecule has 0 aromatic heterocycles. The second-order valence-electron chi connectivity index (χ2n) is 5.98. The first kappa shape index (κ1) is 17.1. The fourth-order valence-electron chi connectivity index (χ4n) is 3.04. The van der Waals surface area contributed by atoms with Crippen molar-refractivity contribution in [1.82, 2.24) is 9.62 Å². The molecule has 21 heavy (non-hydrogen) atoms. The molecule has 1 N–H and O–H groups in total. The third-order valence-electron chi connectivity index (χ3n) is 4.21. The van der Waals surface area contributed by atoms with Gasteiger partial charge in [0.25, 0.3) is 0 Å². The van der Waals surface area contributed by atoms with Crippen LogP contribution in [0.4, 0.5) is 0 Å². The van der Waals surface area contributed by atoms with E-state index in [0.717, 1.165) is 38.8 Å². The molecular weight excluding hydrogens is 292 g/mol. The summed E-state index contributed by atoms with van der Waals surface area (Å²) in [6.07, 6.45) is 3.78. The van der Waals surface area contributed by atoms with Crippen LogP contribution >= 0.6 is 0 Å². The van der Waals surface area contributed by atoms with Gasteiger partial charge in [-0.25, -0.2) is 12.7 Å². The molecule has 2 fully saturated rings. The van der Waals surface area contributed by atoms with Crippen LogP contribution in [0, 0.1) is 5.92 Å². The van der Waals surface area contributed by atoms with Gasteiger partial charge in [-0.2, -0.15) is 0 Å². The number of piperidine rings is 1. The summed E-state index contributed by atoms with van der Waals surface area (Å²) in [7, 11) is -1.50. The van der Waals surface area contributed by atoms with E-state index in [1.807, 2.05) is 0 Å². The highest BCUT2D eigenvalue weighted by Crippen LogP contribution is 2.22. The van der Waals surface area contributed by atoms with Crippen molar-refractivity contribution in [2.45, 2.75) is 31.8 Å². The van der Waals surface area contributed by atoms with E-state index < -0.39 is 10.0 Å². The van der Waals surface area contributed by atoms with Crippen molar-refractivity contribution in [3.8, 4) is 0 Å². The molecule has 0 bridgehead atoms. The minimum absolute atomic E-state index is 0.102. The van der Waals surface area contributed by atoms with Crippen LogP contribution < -0.4 is 5.32 Å². The maximum Gasteiger partial charge on any atom is 0.216 e. The van der Waals surface area contributed by atoms with Gasteiger partial charge >= 0.3 is 0 Å². The van der Waals surface area contributed by atoms with Gasteiger partial charge in [0.15, 0.2) is 0 Å². The molecule has 7 heteroatoms. The second-order valence-corrected chi connectivity index (χ2v) is 7.99. The Morgan fingerprint density at radius 1 is 1.33 bits per heavy atom. The Hall–Kier alpha value is -0.210. The maximum atomic E-state index is 12.5. The molecule has 0 saturated carbocycles. The zero-order valence-electron chi connectivity index (χ0n) is 12.9. The molecule has 2 aliphatic rings. The van der Waals surface area contributed by atoms with Crippen molar-refractivity contribution in [2.75, 3.05) is 52.3 Å². The standard InChI is InChI=1S/C14H28N2O4S/c1-19-9-6-15-10-13-4-2-7-16(11-13)21(17,18)12-14-5-3-8-20-14/h13-15H,2-12H2,1H3. The smallest absolute Gasteiger partial charge is 0.216 e. The minimum atomic E-state index is -3.18. The molecule has 0 spiro atoms. The van der Waals surface area contributed by atoms with Crippen molar-refractivity contribution in [2.24, 2.45) is 5.92 Å². The van der Waals surface area contributed by atoms with E-state index in [-0.39, 0.29) is 11.9 Å². The van der Waals surface area contributed by atoms with Crippen LogP contribution in [0.3, 0.4) is 0 Å². The SMILES string of the molecule is COCCNCC1CCCN(S(=O)(=O)CC2CCCO2)C1. The quantitative estimate of drug-likeness (QED) is 0.658. The Kier molecular flexibility index (Phi) is 6.88. The minimum Gasteiger partial charge on any atom is -0.383 e. The molecule has 0 aromatic rings. The summed E-state index contributed by atoms with van der Waals surface area (Å²) in [5.41, 5.74) is 0. The summed E-state index contributed by atoms with van der Waals surface area (Å²) in [6, 6.07) is 0. The molecule has 0 aliphatic carbocycles. The largest absolute Gasteiger partial charge is 0.383 e. The van der Waals surface area contributed by atoms with Crippen LogP contribution in [0.1, 0.15) is 25.7 Å². The molecular formula is C14H28N2O4S. The lowest BCUT2D eigenvalue weighted by Crippen LogP contribution is -2.45. The lowest BCUT2D eigenvalue weighted by molar-refractivity contribution is 0.125. The van der Waals surface area contributed by atoms with Crippen molar-refractivity contribution in [1.29, 1.82) is 0 Å². The van der Waals surface area contributed by atoms with Crippen LogP contribution in [0.15, 0.2) is 0 Å². The Labute approximate surface area is 128 Å². The van der Waals surface area contributed by atoms with Gasteiger partial charge in [-0.1, -0.05) is 0 Å². The topological polar surface area (TPSA) is 67.9 Å². The van der Waals surface area contributed by atoms with Gasteiger partial charge in [0, 0.05) is 33.4 Å². The molecule has 2 heterocycles. The van der Waals surface area contributed by atoms with Gasteiger partial charge < -0.3 is 14.8 Å². The van der Waals surface area contributed by atoms with Crippen LogP contribution in [-0.4, -0.2) is 71.1 Å². The lowest BCUT2D eigenvalue weighted by atomic mass is 10.00. The fraction of sp³-hybridized carbons (Fsp3) is 1.00. The zero-order valence-corrected chi connectivity index (χ0v) is 13.7. The first-order valence-corrected chi connectivity index (χ1v) is 9.52. The van der Waals surface area contributed by atoms with E-state index in [2.05, 4.69) is 5.32 Å².